The van der Waals surface area contributed by atoms with E-state index in [1.54, 1.807) is 23.1 Å². The number of likely N-dealkylation sites (tertiary alicyclic amines) is 1. The van der Waals surface area contributed by atoms with Gasteiger partial charge in [-0.25, -0.2) is 9.37 Å². The van der Waals surface area contributed by atoms with Crippen LogP contribution >= 0.6 is 23.1 Å². The number of carbonyl (C=O) groups is 4. The van der Waals surface area contributed by atoms with Crippen molar-refractivity contribution in [1.29, 1.82) is 0 Å². The molecule has 12 heteroatoms. The van der Waals surface area contributed by atoms with Gasteiger partial charge in [-0.05, 0) is 89.3 Å². The summed E-state index contributed by atoms with van der Waals surface area (Å²) in [5.74, 6) is -0.747. The molecule has 3 amide bonds. The summed E-state index contributed by atoms with van der Waals surface area (Å²) in [5, 5.41) is 9.03. The third kappa shape index (κ3) is 7.34. The van der Waals surface area contributed by atoms with Crippen molar-refractivity contribution in [2.24, 2.45) is 5.92 Å². The number of nitrogens with one attached hydrogen (secondary N) is 3. The van der Waals surface area contributed by atoms with E-state index in [0.717, 1.165) is 53.4 Å². The van der Waals surface area contributed by atoms with Gasteiger partial charge in [-0.2, -0.15) is 11.8 Å². The summed E-state index contributed by atoms with van der Waals surface area (Å²) in [6.07, 6.45) is 2.19. The molecule has 0 unspecified atom stereocenters. The Morgan fingerprint density at radius 2 is 1.86 bits per heavy atom. The maximum atomic E-state index is 14.8. The number of alkyl halides is 1. The largest absolute Gasteiger partial charge is 0.348 e. The van der Waals surface area contributed by atoms with Gasteiger partial charge in [0.05, 0.1) is 28.7 Å². The molecule has 3 heterocycles. The second-order valence-corrected chi connectivity index (χ2v) is 15.4. The van der Waals surface area contributed by atoms with E-state index in [-0.39, 0.29) is 37.6 Å². The highest BCUT2D eigenvalue weighted by molar-refractivity contribution is 8.00. The molecule has 0 radical (unpaired) electrons. The Morgan fingerprint density at radius 1 is 1.18 bits per heavy atom. The maximum absolute atomic E-state index is 14.8. The van der Waals surface area contributed by atoms with Gasteiger partial charge >= 0.3 is 0 Å². The molecule has 44 heavy (non-hydrogen) atoms. The molecule has 1 aliphatic carbocycles. The number of halogens is 1. The Kier molecular flexibility index (Phi) is 9.81. The molecular formula is C32H42FN5O4S2. The number of benzene rings is 1. The van der Waals surface area contributed by atoms with E-state index in [1.165, 1.54) is 4.90 Å². The fraction of sp³-hybridized carbons (Fsp3) is 0.594. The van der Waals surface area contributed by atoms with Crippen LogP contribution in [0.4, 0.5) is 4.39 Å². The van der Waals surface area contributed by atoms with Gasteiger partial charge in [0.15, 0.2) is 11.5 Å². The number of piperidine rings is 1. The number of nitrogens with zero attached hydrogens (tertiary/aromatic N) is 2. The Labute approximate surface area is 266 Å². The van der Waals surface area contributed by atoms with Crippen molar-refractivity contribution in [3.05, 3.63) is 41.0 Å². The number of thiazole rings is 1. The average Bonchev–Trinajstić information content (AvgIpc) is 3.41. The fourth-order valence-electron chi connectivity index (χ4n) is 5.81. The predicted octanol–water partition coefficient (Wildman–Crippen LogP) is 3.96. The van der Waals surface area contributed by atoms with Gasteiger partial charge in [0, 0.05) is 11.2 Å². The molecule has 1 aromatic heterocycles. The number of ketones is 1. The fourth-order valence-corrected chi connectivity index (χ4v) is 7.95. The molecule has 9 nitrogen and oxygen atoms in total. The molecule has 3 N–H and O–H groups in total. The lowest BCUT2D eigenvalue weighted by molar-refractivity contribution is -0.143. The summed E-state index contributed by atoms with van der Waals surface area (Å²) < 4.78 is 14.0. The van der Waals surface area contributed by atoms with Gasteiger partial charge in [-0.1, -0.05) is 24.3 Å². The van der Waals surface area contributed by atoms with E-state index in [0.29, 0.717) is 5.92 Å². The monoisotopic (exact) mass is 643 g/mol. The second-order valence-electron chi connectivity index (χ2n) is 12.8. The molecule has 238 valence electrons. The van der Waals surface area contributed by atoms with Gasteiger partial charge in [-0.3, -0.25) is 19.2 Å². The lowest BCUT2D eigenvalue weighted by Crippen LogP contribution is -2.61. The van der Waals surface area contributed by atoms with Crippen LogP contribution in [0.5, 0.6) is 0 Å². The van der Waals surface area contributed by atoms with Crippen LogP contribution in [0.1, 0.15) is 70.2 Å². The maximum Gasteiger partial charge on any atom is 0.258 e. The zero-order valence-electron chi connectivity index (χ0n) is 25.8. The van der Waals surface area contributed by atoms with Gasteiger partial charge in [-0.15, -0.1) is 11.3 Å². The van der Waals surface area contributed by atoms with Crippen molar-refractivity contribution in [2.45, 2.75) is 88.3 Å². The number of thioether (sulfide) groups is 1. The first-order valence-corrected chi connectivity index (χ1v) is 17.2. The SMILES string of the molecule is Cc1ncsc1-c1ccc([C@H](C)NC(=O)[C@@H]2CC(=O)CN2C(=O)[C@@H](NC(=O)C2(F)CC2)C(C)(C)SCC2CCNCC2)cc1. The minimum Gasteiger partial charge on any atom is -0.348 e. The Morgan fingerprint density at radius 3 is 2.48 bits per heavy atom. The zero-order valence-corrected chi connectivity index (χ0v) is 27.4. The summed E-state index contributed by atoms with van der Waals surface area (Å²) in [6.45, 7) is 9.21. The number of hydrogen-bond acceptors (Lipinski definition) is 8. The average molecular weight is 644 g/mol. The summed E-state index contributed by atoms with van der Waals surface area (Å²) in [4.78, 5) is 59.9. The highest BCUT2D eigenvalue weighted by Gasteiger charge is 2.54. The number of aromatic nitrogens is 1. The molecule has 3 aliphatic rings. The molecule has 2 saturated heterocycles. The van der Waals surface area contributed by atoms with Gasteiger partial charge in [0.2, 0.25) is 11.8 Å². The Hall–Kier alpha value is -2.83. The molecule has 2 aromatic rings. The standard InChI is InChI=1S/C32H42FN5O4S2/c1-19(22-5-7-23(8-6-22)26-20(2)35-18-43-26)36-28(40)25-15-24(39)16-38(25)29(41)27(37-30(42)32(33)11-12-32)31(3,4)44-17-21-9-13-34-14-10-21/h5-8,18-19,21,25,27,34H,9-17H2,1-4H3,(H,36,40)(H,37,42)/t19-,25-,27+/m0/s1. The predicted molar refractivity (Wildman–Crippen MR) is 171 cm³/mol. The molecule has 0 spiro atoms. The third-order valence-corrected chi connectivity index (χ3v) is 11.6. The smallest absolute Gasteiger partial charge is 0.258 e. The number of aryl methyl sites for hydroxylation is 1. The third-order valence-electron chi connectivity index (χ3n) is 8.97. The van der Waals surface area contributed by atoms with Crippen molar-refractivity contribution < 1.29 is 23.6 Å². The van der Waals surface area contributed by atoms with Crippen molar-refractivity contribution >= 4 is 46.6 Å². The van der Waals surface area contributed by atoms with Gasteiger partial charge in [0.1, 0.15) is 12.1 Å². The lowest BCUT2D eigenvalue weighted by atomic mass is 9.99. The van der Waals surface area contributed by atoms with Crippen LogP contribution in [0, 0.1) is 12.8 Å². The molecule has 3 atom stereocenters. The lowest BCUT2D eigenvalue weighted by Gasteiger charge is -2.38. The first-order chi connectivity index (χ1) is 20.9. The minimum absolute atomic E-state index is 0.107. The van der Waals surface area contributed by atoms with E-state index in [4.69, 9.17) is 0 Å². The topological polar surface area (TPSA) is 120 Å². The van der Waals surface area contributed by atoms with Gasteiger partial charge in [0.25, 0.3) is 5.91 Å². The zero-order chi connectivity index (χ0) is 31.6. The van der Waals surface area contributed by atoms with Crippen molar-refractivity contribution in [1.82, 2.24) is 25.8 Å². The second kappa shape index (κ2) is 13.3. The van der Waals surface area contributed by atoms with Gasteiger partial charge < -0.3 is 20.9 Å². The molecule has 1 aromatic carbocycles. The molecule has 5 rings (SSSR count). The number of Topliss-reactive ketones (excluding diaryl/α,β-unsaturated/α-hetero) is 1. The van der Waals surface area contributed by atoms with Crippen LogP contribution in [0.15, 0.2) is 29.8 Å². The van der Waals surface area contributed by atoms with Crippen LogP contribution in [-0.4, -0.2) is 81.3 Å². The normalized spacial score (nSPS) is 21.5. The first-order valence-electron chi connectivity index (χ1n) is 15.4. The number of carbonyl (C=O) groups excluding carboxylic acids is 4. The van der Waals surface area contributed by atoms with Crippen LogP contribution in [0.25, 0.3) is 10.4 Å². The number of amides is 3. The van der Waals surface area contributed by atoms with E-state index in [1.807, 2.05) is 57.5 Å². The van der Waals surface area contributed by atoms with E-state index >= 15 is 0 Å². The van der Waals surface area contributed by atoms with Crippen LogP contribution in [0.3, 0.4) is 0 Å². The first kappa shape index (κ1) is 32.6. The molecule has 1 saturated carbocycles. The van der Waals surface area contributed by atoms with E-state index in [9.17, 15) is 23.6 Å². The number of rotatable bonds is 11. The number of hydrogen-bond donors (Lipinski definition) is 3. The summed E-state index contributed by atoms with van der Waals surface area (Å²) in [6, 6.07) is 5.38. The minimum atomic E-state index is -1.96. The summed E-state index contributed by atoms with van der Waals surface area (Å²) in [7, 11) is 0. The molecular weight excluding hydrogens is 602 g/mol. The van der Waals surface area contributed by atoms with E-state index < -0.39 is 40.2 Å². The van der Waals surface area contributed by atoms with E-state index in [2.05, 4.69) is 20.9 Å². The summed E-state index contributed by atoms with van der Waals surface area (Å²) >= 11 is 3.14. The Bertz CT molecular complexity index is 1390. The Balaban J connectivity index is 1.29. The highest BCUT2D eigenvalue weighted by Crippen LogP contribution is 2.41. The van der Waals surface area contributed by atoms with Crippen molar-refractivity contribution in [3.63, 3.8) is 0 Å². The highest BCUT2D eigenvalue weighted by atomic mass is 32.2. The molecule has 3 fully saturated rings. The molecule has 2 aliphatic heterocycles. The van der Waals surface area contributed by atoms with Crippen LogP contribution in [0.2, 0.25) is 0 Å². The van der Waals surface area contributed by atoms with Crippen LogP contribution in [-0.2, 0) is 19.2 Å². The summed E-state index contributed by atoms with van der Waals surface area (Å²) in [5.41, 5.74) is 2.73. The van der Waals surface area contributed by atoms with Crippen molar-refractivity contribution in [3.8, 4) is 10.4 Å². The quantitative estimate of drug-likeness (QED) is 0.339. The van der Waals surface area contributed by atoms with Crippen molar-refractivity contribution in [2.75, 3.05) is 25.4 Å². The van der Waals surface area contributed by atoms with Crippen LogP contribution < -0.4 is 16.0 Å². The molecule has 0 bridgehead atoms.